The minimum Gasteiger partial charge on any atom is -0.396 e. The van der Waals surface area contributed by atoms with Crippen molar-refractivity contribution >= 4 is 0 Å². The van der Waals surface area contributed by atoms with Crippen molar-refractivity contribution in [1.29, 1.82) is 0 Å². The summed E-state index contributed by atoms with van der Waals surface area (Å²) in [6, 6.07) is 0. The molecule has 0 saturated heterocycles. The van der Waals surface area contributed by atoms with Gasteiger partial charge in [0.05, 0.1) is 17.8 Å². The van der Waals surface area contributed by atoms with E-state index in [0.717, 1.165) is 12.8 Å². The van der Waals surface area contributed by atoms with E-state index in [-0.39, 0.29) is 29.8 Å². The molecule has 0 amide bonds. The summed E-state index contributed by atoms with van der Waals surface area (Å²) in [5.74, 6) is 0.591. The second-order valence-corrected chi connectivity index (χ2v) is 9.38. The van der Waals surface area contributed by atoms with E-state index >= 15 is 0 Å². The zero-order chi connectivity index (χ0) is 17.9. The van der Waals surface area contributed by atoms with E-state index in [1.807, 2.05) is 6.92 Å². The molecule has 0 unspecified atom stereocenters. The quantitative estimate of drug-likeness (QED) is 0.581. The zero-order valence-corrected chi connectivity index (χ0v) is 15.4. The molecule has 2 fully saturated rings. The van der Waals surface area contributed by atoms with Crippen LogP contribution in [0.3, 0.4) is 0 Å². The highest BCUT2D eigenvalue weighted by molar-refractivity contribution is 5.28. The predicted molar refractivity (Wildman–Crippen MR) is 93.2 cm³/mol. The maximum absolute atomic E-state index is 11.1. The second-order valence-electron chi connectivity index (χ2n) is 9.38. The van der Waals surface area contributed by atoms with Gasteiger partial charge in [-0.15, -0.1) is 0 Å². The third kappa shape index (κ3) is 2.66. The van der Waals surface area contributed by atoms with Crippen LogP contribution < -0.4 is 0 Å². The molecule has 138 valence electrons. The minimum atomic E-state index is -0.975. The van der Waals surface area contributed by atoms with Crippen molar-refractivity contribution in [3.05, 3.63) is 11.6 Å². The first-order valence-corrected chi connectivity index (χ1v) is 9.51. The van der Waals surface area contributed by atoms with E-state index in [4.69, 9.17) is 0 Å². The van der Waals surface area contributed by atoms with E-state index in [2.05, 4.69) is 26.8 Å². The van der Waals surface area contributed by atoms with Gasteiger partial charge in [0.2, 0.25) is 0 Å². The number of aliphatic hydroxyl groups is 4. The molecule has 3 aliphatic rings. The molecule has 4 N–H and O–H groups in total. The molecule has 3 rings (SSSR count). The number of hydrogen-bond donors (Lipinski definition) is 4. The lowest BCUT2D eigenvalue weighted by molar-refractivity contribution is -0.0763. The van der Waals surface area contributed by atoms with Gasteiger partial charge in [-0.05, 0) is 56.3 Å². The van der Waals surface area contributed by atoms with Gasteiger partial charge in [-0.2, -0.15) is 0 Å². The van der Waals surface area contributed by atoms with Crippen LogP contribution >= 0.6 is 0 Å². The number of fused-ring (bicyclic) bond motifs is 2. The maximum atomic E-state index is 11.1. The Morgan fingerprint density at radius 3 is 2.46 bits per heavy atom. The van der Waals surface area contributed by atoms with Crippen LogP contribution in [0, 0.1) is 35.0 Å². The van der Waals surface area contributed by atoms with Gasteiger partial charge in [0, 0.05) is 17.9 Å². The molecule has 4 nitrogen and oxygen atoms in total. The maximum Gasteiger partial charge on any atom is 0.0709 e. The average Bonchev–Trinajstić information content (AvgIpc) is 2.92. The topological polar surface area (TPSA) is 80.9 Å². The number of rotatable bonds is 2. The van der Waals surface area contributed by atoms with Crippen LogP contribution in [0.5, 0.6) is 0 Å². The molecule has 3 aliphatic carbocycles. The summed E-state index contributed by atoms with van der Waals surface area (Å²) < 4.78 is 0. The smallest absolute Gasteiger partial charge is 0.0709 e. The monoisotopic (exact) mass is 338 g/mol. The van der Waals surface area contributed by atoms with Crippen molar-refractivity contribution in [1.82, 2.24) is 0 Å². The van der Waals surface area contributed by atoms with Gasteiger partial charge >= 0.3 is 0 Å². The van der Waals surface area contributed by atoms with Crippen LogP contribution in [0.4, 0.5) is 0 Å². The lowest BCUT2D eigenvalue weighted by Crippen LogP contribution is -2.46. The summed E-state index contributed by atoms with van der Waals surface area (Å²) in [4.78, 5) is 0. The first-order chi connectivity index (χ1) is 11.1. The van der Waals surface area contributed by atoms with Crippen LogP contribution in [0.1, 0.15) is 53.4 Å². The predicted octanol–water partition coefficient (Wildman–Crippen LogP) is 2.11. The van der Waals surface area contributed by atoms with Crippen molar-refractivity contribution in [2.24, 2.45) is 35.0 Å². The van der Waals surface area contributed by atoms with Gasteiger partial charge in [-0.1, -0.05) is 32.4 Å². The zero-order valence-electron chi connectivity index (χ0n) is 15.4. The molecule has 0 heterocycles. The summed E-state index contributed by atoms with van der Waals surface area (Å²) in [5, 5.41) is 42.3. The van der Waals surface area contributed by atoms with Crippen LogP contribution in [0.2, 0.25) is 0 Å². The van der Waals surface area contributed by atoms with Crippen molar-refractivity contribution in [2.45, 2.75) is 71.2 Å². The fourth-order valence-corrected chi connectivity index (χ4v) is 6.04. The third-order valence-corrected chi connectivity index (χ3v) is 7.45. The Morgan fingerprint density at radius 1 is 1.21 bits per heavy atom. The molecule has 2 saturated carbocycles. The second kappa shape index (κ2) is 6.08. The summed E-state index contributed by atoms with van der Waals surface area (Å²) >= 11 is 0. The van der Waals surface area contributed by atoms with Crippen LogP contribution in [0.15, 0.2) is 11.6 Å². The standard InChI is InChI=1S/C20H34O4/c1-11(2)13-8-17(23)19(3)9-14-12(10-21)7-16(22)18(14)20(4,24)6-5-15(13)19/h5,11-14,16-18,21-24H,6-10H2,1-4H3/b15-5-/t12-,13+,14+,16+,17+,18-,19+,20-/m0/s1. The Balaban J connectivity index is 2.05. The molecule has 0 aromatic carbocycles. The molecular formula is C20H34O4. The number of aliphatic hydroxyl groups excluding tert-OH is 3. The summed E-state index contributed by atoms with van der Waals surface area (Å²) in [6.45, 7) is 8.39. The van der Waals surface area contributed by atoms with Gasteiger partial charge < -0.3 is 20.4 Å². The molecule has 4 heteroatoms. The molecule has 24 heavy (non-hydrogen) atoms. The molecule has 0 aliphatic heterocycles. The highest BCUT2D eigenvalue weighted by Crippen LogP contribution is 2.58. The van der Waals surface area contributed by atoms with E-state index in [1.165, 1.54) is 5.57 Å². The average molecular weight is 338 g/mol. The molecule has 0 aromatic heterocycles. The van der Waals surface area contributed by atoms with Gasteiger partial charge in [0.25, 0.3) is 0 Å². The number of hydrogen-bond acceptors (Lipinski definition) is 4. The van der Waals surface area contributed by atoms with Gasteiger partial charge in [0.1, 0.15) is 0 Å². The molecule has 0 bridgehead atoms. The van der Waals surface area contributed by atoms with Gasteiger partial charge in [0.15, 0.2) is 0 Å². The van der Waals surface area contributed by atoms with Crippen LogP contribution in [-0.2, 0) is 0 Å². The highest BCUT2D eigenvalue weighted by Gasteiger charge is 2.57. The fourth-order valence-electron chi connectivity index (χ4n) is 6.04. The molecule has 0 aromatic rings. The van der Waals surface area contributed by atoms with Crippen molar-refractivity contribution in [2.75, 3.05) is 6.61 Å². The van der Waals surface area contributed by atoms with Crippen molar-refractivity contribution in [3.8, 4) is 0 Å². The van der Waals surface area contributed by atoms with Gasteiger partial charge in [-0.3, -0.25) is 0 Å². The minimum absolute atomic E-state index is 0.00190. The Morgan fingerprint density at radius 2 is 1.88 bits per heavy atom. The fraction of sp³-hybridized carbons (Fsp3) is 0.900. The summed E-state index contributed by atoms with van der Waals surface area (Å²) in [6.07, 6.45) is 3.72. The normalized spacial score (nSPS) is 54.0. The van der Waals surface area contributed by atoms with Crippen LogP contribution in [-0.4, -0.2) is 44.8 Å². The van der Waals surface area contributed by atoms with E-state index in [0.29, 0.717) is 24.7 Å². The largest absolute Gasteiger partial charge is 0.396 e. The van der Waals surface area contributed by atoms with E-state index in [9.17, 15) is 20.4 Å². The third-order valence-electron chi connectivity index (χ3n) is 7.45. The molecule has 8 atom stereocenters. The lowest BCUT2D eigenvalue weighted by atomic mass is 9.63. The van der Waals surface area contributed by atoms with Crippen molar-refractivity contribution < 1.29 is 20.4 Å². The highest BCUT2D eigenvalue weighted by atomic mass is 16.3. The first kappa shape index (κ1) is 18.4. The molecule has 0 radical (unpaired) electrons. The van der Waals surface area contributed by atoms with Crippen molar-refractivity contribution in [3.63, 3.8) is 0 Å². The first-order valence-electron chi connectivity index (χ1n) is 9.51. The van der Waals surface area contributed by atoms with Gasteiger partial charge in [-0.25, -0.2) is 0 Å². The molecule has 0 spiro atoms. The SMILES string of the molecule is CC(C)[C@H]1C[C@@H](O)[C@]2(C)C[C@@H]3[C@H](CO)C[C@@H](O)[C@H]3[C@@](C)(O)C/C=C/12. The summed E-state index contributed by atoms with van der Waals surface area (Å²) in [5.41, 5.74) is -0.00901. The lowest BCUT2D eigenvalue weighted by Gasteiger charge is -2.44. The van der Waals surface area contributed by atoms with Crippen LogP contribution in [0.25, 0.3) is 0 Å². The Kier molecular flexibility index (Phi) is 4.66. The molecular weight excluding hydrogens is 304 g/mol. The Hall–Kier alpha value is -0.420. The Labute approximate surface area is 145 Å². The summed E-state index contributed by atoms with van der Waals surface area (Å²) in [7, 11) is 0. The van der Waals surface area contributed by atoms with E-state index < -0.39 is 17.8 Å². The Bertz CT molecular complexity index is 512. The van der Waals surface area contributed by atoms with E-state index in [1.54, 1.807) is 0 Å².